The molecule has 0 saturated carbocycles. The van der Waals surface area contributed by atoms with Crippen LogP contribution in [0.15, 0.2) is 72.5 Å². The van der Waals surface area contributed by atoms with E-state index in [1.54, 1.807) is 6.08 Å². The summed E-state index contributed by atoms with van der Waals surface area (Å²) < 4.78 is 0. The maximum Gasteiger partial charge on any atom is 0.157 e. The highest BCUT2D eigenvalue weighted by atomic mass is 16.3. The van der Waals surface area contributed by atoms with Crippen molar-refractivity contribution in [1.29, 1.82) is 0 Å². The summed E-state index contributed by atoms with van der Waals surface area (Å²) in [4.78, 5) is 0. The second kappa shape index (κ2) is 5.15. The molecule has 1 unspecified atom stereocenters. The van der Waals surface area contributed by atoms with Crippen molar-refractivity contribution in [2.45, 2.75) is 12.3 Å². The highest BCUT2D eigenvalue weighted by Crippen LogP contribution is 2.33. The van der Waals surface area contributed by atoms with Gasteiger partial charge in [0.05, 0.1) is 0 Å². The van der Waals surface area contributed by atoms with Gasteiger partial charge in [-0.15, -0.1) is 0 Å². The molecule has 92 valence electrons. The fourth-order valence-corrected chi connectivity index (χ4v) is 2.37. The summed E-state index contributed by atoms with van der Waals surface area (Å²) in [6.07, 6.45) is 5.67. The zero-order chi connectivity index (χ0) is 13.1. The van der Waals surface area contributed by atoms with Crippen LogP contribution in [0.1, 0.15) is 23.5 Å². The van der Waals surface area contributed by atoms with E-state index >= 15 is 0 Å². The minimum Gasteiger partial charge on any atom is -0.295 e. The van der Waals surface area contributed by atoms with E-state index in [1.165, 1.54) is 0 Å². The van der Waals surface area contributed by atoms with Gasteiger partial charge in [0.25, 0.3) is 0 Å². The number of rotatable bonds is 2. The SMILES string of the molecule is [O]C1=CC(c2ccccc2)=[C]C(c2ccccc2)C1. The molecule has 2 aromatic carbocycles. The van der Waals surface area contributed by atoms with Gasteiger partial charge < -0.3 is 0 Å². The Morgan fingerprint density at radius 1 is 0.895 bits per heavy atom. The zero-order valence-electron chi connectivity index (χ0n) is 10.5. The third kappa shape index (κ3) is 2.60. The normalized spacial score (nSPS) is 18.6. The largest absolute Gasteiger partial charge is 0.295 e. The van der Waals surface area contributed by atoms with Gasteiger partial charge in [-0.1, -0.05) is 60.7 Å². The maximum atomic E-state index is 11.9. The van der Waals surface area contributed by atoms with Gasteiger partial charge in [-0.05, 0) is 28.9 Å². The topological polar surface area (TPSA) is 19.9 Å². The Bertz CT molecular complexity index is 609. The van der Waals surface area contributed by atoms with Crippen LogP contribution in [-0.2, 0) is 5.11 Å². The summed E-state index contributed by atoms with van der Waals surface area (Å²) in [5.74, 6) is 0.236. The third-order valence-electron chi connectivity index (χ3n) is 3.33. The van der Waals surface area contributed by atoms with Crippen molar-refractivity contribution in [2.75, 3.05) is 0 Å². The number of hydrogen-bond donors (Lipinski definition) is 0. The van der Waals surface area contributed by atoms with Crippen molar-refractivity contribution in [3.05, 3.63) is 89.7 Å². The molecule has 0 N–H and O–H groups in total. The Morgan fingerprint density at radius 2 is 1.53 bits per heavy atom. The van der Waals surface area contributed by atoms with E-state index in [0.29, 0.717) is 6.42 Å². The predicted molar refractivity (Wildman–Crippen MR) is 75.7 cm³/mol. The van der Waals surface area contributed by atoms with Crippen molar-refractivity contribution in [2.24, 2.45) is 0 Å². The molecule has 1 heteroatoms. The van der Waals surface area contributed by atoms with E-state index in [0.717, 1.165) is 16.7 Å². The molecule has 2 aromatic rings. The molecule has 0 amide bonds. The average molecular weight is 246 g/mol. The molecule has 0 aliphatic heterocycles. The van der Waals surface area contributed by atoms with Gasteiger partial charge in [-0.2, -0.15) is 0 Å². The summed E-state index contributed by atoms with van der Waals surface area (Å²) in [6, 6.07) is 20.1. The first kappa shape index (κ1) is 11.8. The maximum absolute atomic E-state index is 11.9. The molecule has 19 heavy (non-hydrogen) atoms. The number of allylic oxidation sites excluding steroid dienone is 4. The summed E-state index contributed by atoms with van der Waals surface area (Å²) >= 11 is 0. The van der Waals surface area contributed by atoms with E-state index in [4.69, 9.17) is 0 Å². The second-order valence-electron chi connectivity index (χ2n) is 4.70. The van der Waals surface area contributed by atoms with Crippen LogP contribution in [0.3, 0.4) is 0 Å². The molecule has 3 rings (SSSR count). The second-order valence-corrected chi connectivity index (χ2v) is 4.70. The predicted octanol–water partition coefficient (Wildman–Crippen LogP) is 4.38. The molecular weight excluding hydrogens is 232 g/mol. The van der Waals surface area contributed by atoms with E-state index in [-0.39, 0.29) is 11.7 Å². The van der Waals surface area contributed by atoms with Crippen molar-refractivity contribution >= 4 is 5.57 Å². The quantitative estimate of drug-likeness (QED) is 0.749. The molecule has 0 heterocycles. The van der Waals surface area contributed by atoms with Crippen LogP contribution in [0.5, 0.6) is 0 Å². The fraction of sp³-hybridized carbons (Fsp3) is 0.111. The van der Waals surface area contributed by atoms with Gasteiger partial charge in [-0.3, -0.25) is 5.11 Å². The number of benzene rings is 2. The summed E-state index contributed by atoms with van der Waals surface area (Å²) in [5.41, 5.74) is 3.11. The summed E-state index contributed by atoms with van der Waals surface area (Å²) in [5, 5.41) is 11.9. The van der Waals surface area contributed by atoms with Crippen LogP contribution in [0.4, 0.5) is 0 Å². The lowest BCUT2D eigenvalue weighted by atomic mass is 9.86. The summed E-state index contributed by atoms with van der Waals surface area (Å²) in [7, 11) is 0. The van der Waals surface area contributed by atoms with Gasteiger partial charge >= 0.3 is 0 Å². The molecule has 0 fully saturated rings. The zero-order valence-corrected chi connectivity index (χ0v) is 10.5. The molecule has 1 aliphatic carbocycles. The molecule has 2 radical (unpaired) electrons. The monoisotopic (exact) mass is 246 g/mol. The van der Waals surface area contributed by atoms with Crippen molar-refractivity contribution in [1.82, 2.24) is 0 Å². The van der Waals surface area contributed by atoms with Gasteiger partial charge in [0.15, 0.2) is 5.76 Å². The Labute approximate surface area is 113 Å². The van der Waals surface area contributed by atoms with Crippen LogP contribution in [0.2, 0.25) is 0 Å². The molecule has 1 atom stereocenters. The minimum absolute atomic E-state index is 0.0638. The molecule has 0 spiro atoms. The lowest BCUT2D eigenvalue weighted by molar-refractivity contribution is 0.276. The summed E-state index contributed by atoms with van der Waals surface area (Å²) in [6.45, 7) is 0. The average Bonchev–Trinajstić information content (AvgIpc) is 2.48. The van der Waals surface area contributed by atoms with Crippen molar-refractivity contribution in [3.63, 3.8) is 0 Å². The van der Waals surface area contributed by atoms with Gasteiger partial charge in [-0.25, -0.2) is 0 Å². The van der Waals surface area contributed by atoms with Gasteiger partial charge in [0.1, 0.15) is 0 Å². The van der Waals surface area contributed by atoms with E-state index < -0.39 is 0 Å². The Morgan fingerprint density at radius 3 is 2.21 bits per heavy atom. The van der Waals surface area contributed by atoms with Gasteiger partial charge in [0.2, 0.25) is 0 Å². The first-order valence-corrected chi connectivity index (χ1v) is 6.44. The Hall–Kier alpha value is -2.28. The fourth-order valence-electron chi connectivity index (χ4n) is 2.37. The minimum atomic E-state index is 0.0638. The van der Waals surface area contributed by atoms with Crippen LogP contribution in [0.25, 0.3) is 5.57 Å². The smallest absolute Gasteiger partial charge is 0.157 e. The first-order chi connectivity index (χ1) is 9.33. The van der Waals surface area contributed by atoms with E-state index in [1.807, 2.05) is 48.5 Å². The molecule has 0 saturated heterocycles. The van der Waals surface area contributed by atoms with Gasteiger partial charge in [0, 0.05) is 12.3 Å². The van der Waals surface area contributed by atoms with Crippen LogP contribution < -0.4 is 0 Å². The lowest BCUT2D eigenvalue weighted by Gasteiger charge is -2.17. The van der Waals surface area contributed by atoms with E-state index in [9.17, 15) is 5.11 Å². The van der Waals surface area contributed by atoms with Crippen molar-refractivity contribution < 1.29 is 5.11 Å². The standard InChI is InChI=1S/C18H14O/c19-18-12-16(14-7-3-1-4-8-14)11-17(13-18)15-9-5-2-6-10-15/h1-10,12,17H,13H2. The number of hydrogen-bond acceptors (Lipinski definition) is 0. The Kier molecular flexibility index (Phi) is 3.20. The highest BCUT2D eigenvalue weighted by Gasteiger charge is 2.18. The van der Waals surface area contributed by atoms with Crippen LogP contribution in [-0.4, -0.2) is 0 Å². The molecule has 0 bridgehead atoms. The van der Waals surface area contributed by atoms with Crippen LogP contribution >= 0.6 is 0 Å². The molecule has 1 aliphatic rings. The lowest BCUT2D eigenvalue weighted by Crippen LogP contribution is -2.03. The third-order valence-corrected chi connectivity index (χ3v) is 3.33. The first-order valence-electron chi connectivity index (χ1n) is 6.44. The molecular formula is C18H14O. The van der Waals surface area contributed by atoms with E-state index in [2.05, 4.69) is 18.2 Å². The van der Waals surface area contributed by atoms with Crippen molar-refractivity contribution in [3.8, 4) is 0 Å². The highest BCUT2D eigenvalue weighted by molar-refractivity contribution is 5.74. The Balaban J connectivity index is 1.98. The molecule has 0 aromatic heterocycles. The molecule has 1 nitrogen and oxygen atoms in total. The van der Waals surface area contributed by atoms with Crippen LogP contribution in [0, 0.1) is 6.08 Å².